The zero-order chi connectivity index (χ0) is 13.1. The lowest BCUT2D eigenvalue weighted by Crippen LogP contribution is -2.55. The van der Waals surface area contributed by atoms with Gasteiger partial charge in [0.05, 0.1) is 19.1 Å². The van der Waals surface area contributed by atoms with Gasteiger partial charge in [-0.05, 0) is 6.92 Å². The monoisotopic (exact) mass is 246 g/mol. The molecule has 1 atom stereocenters. The zero-order valence-corrected chi connectivity index (χ0v) is 10.1. The van der Waals surface area contributed by atoms with Crippen LogP contribution >= 0.6 is 0 Å². The van der Waals surface area contributed by atoms with Crippen LogP contribution in [0.5, 0.6) is 0 Å². The molecule has 0 bridgehead atoms. The summed E-state index contributed by atoms with van der Waals surface area (Å²) in [5.41, 5.74) is 0.587. The molecule has 18 heavy (non-hydrogen) atoms. The molecule has 1 N–H and O–H groups in total. The number of hydrogen-bond donors (Lipinski definition) is 1. The number of Topliss-reactive ketones (excluding diaryl/α,β-unsaturated/α-hetero) is 1. The maximum atomic E-state index is 12.2. The summed E-state index contributed by atoms with van der Waals surface area (Å²) in [5.74, 6) is -0.809. The van der Waals surface area contributed by atoms with Crippen LogP contribution in [0.3, 0.4) is 0 Å². The van der Waals surface area contributed by atoms with Gasteiger partial charge in [0.2, 0.25) is 11.8 Å². The Morgan fingerprint density at radius 3 is 2.28 bits per heavy atom. The van der Waals surface area contributed by atoms with Gasteiger partial charge in [-0.2, -0.15) is 0 Å². The number of nitrogens with zero attached hydrogens (tertiary/aromatic N) is 1. The molecule has 0 aliphatic carbocycles. The average Bonchev–Trinajstić information content (AvgIpc) is 2.37. The minimum Gasteiger partial charge on any atom is -0.294 e. The summed E-state index contributed by atoms with van der Waals surface area (Å²) < 4.78 is 0. The van der Waals surface area contributed by atoms with Gasteiger partial charge in [-0.3, -0.25) is 24.6 Å². The van der Waals surface area contributed by atoms with Crippen molar-refractivity contribution in [1.82, 2.24) is 10.2 Å². The molecule has 1 fully saturated rings. The predicted octanol–water partition coefficient (Wildman–Crippen LogP) is 0.216. The number of piperazine rings is 1. The normalized spacial score (nSPS) is 18.3. The summed E-state index contributed by atoms with van der Waals surface area (Å²) in [6.45, 7) is 1.86. The first-order chi connectivity index (χ1) is 8.58. The molecule has 1 aliphatic rings. The van der Waals surface area contributed by atoms with Crippen molar-refractivity contribution in [1.29, 1.82) is 0 Å². The largest absolute Gasteiger partial charge is 0.294 e. The molecule has 0 spiro atoms. The average molecular weight is 246 g/mol. The number of nitrogens with one attached hydrogen (secondary N) is 1. The maximum absolute atomic E-state index is 12.2. The second-order valence-electron chi connectivity index (χ2n) is 4.28. The quantitative estimate of drug-likeness (QED) is 0.612. The van der Waals surface area contributed by atoms with Crippen molar-refractivity contribution < 1.29 is 14.4 Å². The fourth-order valence-electron chi connectivity index (χ4n) is 1.94. The van der Waals surface area contributed by atoms with E-state index >= 15 is 0 Å². The van der Waals surface area contributed by atoms with Gasteiger partial charge >= 0.3 is 0 Å². The number of ketones is 1. The fourth-order valence-corrected chi connectivity index (χ4v) is 1.94. The minimum absolute atomic E-state index is 0.0749. The molecular formula is C13H14N2O3. The third-order valence-electron chi connectivity index (χ3n) is 2.96. The topological polar surface area (TPSA) is 66.5 Å². The van der Waals surface area contributed by atoms with E-state index in [0.717, 1.165) is 0 Å². The van der Waals surface area contributed by atoms with Crippen molar-refractivity contribution >= 4 is 17.6 Å². The zero-order valence-electron chi connectivity index (χ0n) is 10.1. The highest BCUT2D eigenvalue weighted by molar-refractivity contribution is 6.03. The summed E-state index contributed by atoms with van der Waals surface area (Å²) in [6, 6.07) is 8.37. The molecule has 5 heteroatoms. The van der Waals surface area contributed by atoms with E-state index < -0.39 is 6.04 Å². The molecule has 1 aromatic rings. The van der Waals surface area contributed by atoms with E-state index in [0.29, 0.717) is 5.56 Å². The molecule has 1 heterocycles. The van der Waals surface area contributed by atoms with Crippen LogP contribution in [0.25, 0.3) is 0 Å². The SMILES string of the molecule is CC(C(=O)c1ccccc1)N1CC(=O)NC(=O)C1. The predicted molar refractivity (Wildman–Crippen MR) is 65.0 cm³/mol. The minimum atomic E-state index is -0.484. The lowest BCUT2D eigenvalue weighted by atomic mass is 10.0. The van der Waals surface area contributed by atoms with E-state index in [1.54, 1.807) is 36.1 Å². The third kappa shape index (κ3) is 2.62. The second-order valence-corrected chi connectivity index (χ2v) is 4.28. The summed E-state index contributed by atoms with van der Waals surface area (Å²) in [5, 5.41) is 2.21. The number of carbonyl (C=O) groups excluding carboxylic acids is 3. The first-order valence-electron chi connectivity index (χ1n) is 5.74. The molecule has 1 saturated heterocycles. The van der Waals surface area contributed by atoms with Gasteiger partial charge in [0.15, 0.2) is 5.78 Å². The van der Waals surface area contributed by atoms with Gasteiger partial charge in [-0.25, -0.2) is 0 Å². The molecule has 94 valence electrons. The molecular weight excluding hydrogens is 232 g/mol. The van der Waals surface area contributed by atoms with Crippen LogP contribution in [0.1, 0.15) is 17.3 Å². The molecule has 1 unspecified atom stereocenters. The Hall–Kier alpha value is -2.01. The number of benzene rings is 1. The van der Waals surface area contributed by atoms with Crippen molar-refractivity contribution in [3.05, 3.63) is 35.9 Å². The van der Waals surface area contributed by atoms with Crippen LogP contribution in [0.2, 0.25) is 0 Å². The van der Waals surface area contributed by atoms with Crippen molar-refractivity contribution in [3.63, 3.8) is 0 Å². The lowest BCUT2D eigenvalue weighted by molar-refractivity contribution is -0.136. The molecule has 0 radical (unpaired) electrons. The van der Waals surface area contributed by atoms with Crippen molar-refractivity contribution in [2.45, 2.75) is 13.0 Å². The van der Waals surface area contributed by atoms with E-state index in [1.165, 1.54) is 0 Å². The van der Waals surface area contributed by atoms with Crippen LogP contribution < -0.4 is 5.32 Å². The summed E-state index contributed by atoms with van der Waals surface area (Å²) in [4.78, 5) is 36.3. The van der Waals surface area contributed by atoms with E-state index in [4.69, 9.17) is 0 Å². The van der Waals surface area contributed by atoms with Crippen LogP contribution in [-0.2, 0) is 9.59 Å². The molecule has 5 nitrogen and oxygen atoms in total. The van der Waals surface area contributed by atoms with Gasteiger partial charge in [0.1, 0.15) is 0 Å². The van der Waals surface area contributed by atoms with Crippen LogP contribution in [0.15, 0.2) is 30.3 Å². The molecule has 2 amide bonds. The Morgan fingerprint density at radius 2 is 1.72 bits per heavy atom. The molecule has 1 aromatic carbocycles. The molecule has 0 aromatic heterocycles. The van der Waals surface area contributed by atoms with Gasteiger partial charge in [-0.1, -0.05) is 30.3 Å². The van der Waals surface area contributed by atoms with Crippen molar-refractivity contribution in [3.8, 4) is 0 Å². The third-order valence-corrected chi connectivity index (χ3v) is 2.96. The van der Waals surface area contributed by atoms with Crippen LogP contribution in [0, 0.1) is 0 Å². The van der Waals surface area contributed by atoms with Gasteiger partial charge in [-0.15, -0.1) is 0 Å². The lowest BCUT2D eigenvalue weighted by Gasteiger charge is -2.29. The first kappa shape index (κ1) is 12.4. The standard InChI is InChI=1S/C13H14N2O3/c1-9(13(18)10-5-3-2-4-6-10)15-7-11(16)14-12(17)8-15/h2-6,9H,7-8H2,1H3,(H,14,16,17). The van der Waals surface area contributed by atoms with Crippen molar-refractivity contribution in [2.75, 3.05) is 13.1 Å². The summed E-state index contributed by atoms with van der Waals surface area (Å²) in [6.07, 6.45) is 0. The highest BCUT2D eigenvalue weighted by atomic mass is 16.2. The van der Waals surface area contributed by atoms with Crippen LogP contribution in [-0.4, -0.2) is 41.6 Å². The first-order valence-corrected chi connectivity index (χ1v) is 5.74. The number of amides is 2. The fraction of sp³-hybridized carbons (Fsp3) is 0.308. The number of hydrogen-bond acceptors (Lipinski definition) is 4. The van der Waals surface area contributed by atoms with Gasteiger partial charge < -0.3 is 0 Å². The van der Waals surface area contributed by atoms with E-state index in [9.17, 15) is 14.4 Å². The Labute approximate surface area is 105 Å². The number of carbonyl (C=O) groups is 3. The highest BCUT2D eigenvalue weighted by Gasteiger charge is 2.30. The Morgan fingerprint density at radius 1 is 1.17 bits per heavy atom. The van der Waals surface area contributed by atoms with Gasteiger partial charge in [0, 0.05) is 5.56 Å². The van der Waals surface area contributed by atoms with E-state index in [2.05, 4.69) is 5.32 Å². The highest BCUT2D eigenvalue weighted by Crippen LogP contribution is 2.10. The molecule has 2 rings (SSSR count). The van der Waals surface area contributed by atoms with Gasteiger partial charge in [0.25, 0.3) is 0 Å². The Bertz CT molecular complexity index is 468. The Kier molecular flexibility index (Phi) is 3.53. The molecule has 0 saturated carbocycles. The second kappa shape index (κ2) is 5.10. The van der Waals surface area contributed by atoms with Crippen molar-refractivity contribution in [2.24, 2.45) is 0 Å². The molecule has 1 aliphatic heterocycles. The van der Waals surface area contributed by atoms with E-state index in [1.807, 2.05) is 6.07 Å². The number of imide groups is 1. The van der Waals surface area contributed by atoms with E-state index in [-0.39, 0.29) is 30.7 Å². The van der Waals surface area contributed by atoms with Crippen LogP contribution in [0.4, 0.5) is 0 Å². The smallest absolute Gasteiger partial charge is 0.240 e. The Balaban J connectivity index is 2.11. The summed E-state index contributed by atoms with van der Waals surface area (Å²) in [7, 11) is 0. The summed E-state index contributed by atoms with van der Waals surface area (Å²) >= 11 is 0. The number of rotatable bonds is 3. The maximum Gasteiger partial charge on any atom is 0.240 e.